The van der Waals surface area contributed by atoms with Crippen LogP contribution < -0.4 is 10.5 Å². The zero-order valence-corrected chi connectivity index (χ0v) is 21.7. The highest BCUT2D eigenvalue weighted by Gasteiger charge is 2.48. The number of ether oxygens (including phenoxy) is 2. The number of rotatable bonds is 9. The summed E-state index contributed by atoms with van der Waals surface area (Å²) in [7, 11) is 1.89. The van der Waals surface area contributed by atoms with Crippen LogP contribution in [-0.4, -0.2) is 73.0 Å². The van der Waals surface area contributed by atoms with Crippen LogP contribution in [-0.2, 0) is 15.7 Å². The van der Waals surface area contributed by atoms with E-state index in [1.807, 2.05) is 31.0 Å². The molecule has 2 aliphatic heterocycles. The highest BCUT2D eigenvalue weighted by Crippen LogP contribution is 2.35. The Morgan fingerprint density at radius 2 is 1.87 bits per heavy atom. The molecule has 7 nitrogen and oxygen atoms in total. The Kier molecular flexibility index (Phi) is 8.44. The summed E-state index contributed by atoms with van der Waals surface area (Å²) in [5, 5.41) is 0. The zero-order valence-electron chi connectivity index (χ0n) is 21.7. The van der Waals surface area contributed by atoms with Gasteiger partial charge in [-0.1, -0.05) is 18.2 Å². The van der Waals surface area contributed by atoms with Crippen molar-refractivity contribution < 1.29 is 32.2 Å². The van der Waals surface area contributed by atoms with Crippen molar-refractivity contribution in [2.75, 3.05) is 39.9 Å². The Bertz CT molecular complexity index is 1130. The molecule has 1 amide bonds. The molecule has 2 aliphatic rings. The van der Waals surface area contributed by atoms with E-state index in [0.29, 0.717) is 51.1 Å². The van der Waals surface area contributed by atoms with Gasteiger partial charge in [-0.15, -0.1) is 0 Å². The lowest BCUT2D eigenvalue weighted by atomic mass is 9.83. The zero-order chi connectivity index (χ0) is 27.5. The normalized spacial score (nSPS) is 20.8. The molecular formula is C28H34F3N3O4. The summed E-state index contributed by atoms with van der Waals surface area (Å²) in [6.45, 7) is 4.22. The average Bonchev–Trinajstić information content (AvgIpc) is 3.37. The number of nitrogens with two attached hydrogens (primary N) is 1. The highest BCUT2D eigenvalue weighted by atomic mass is 19.4. The summed E-state index contributed by atoms with van der Waals surface area (Å²) in [6.07, 6.45) is -3.03. The minimum Gasteiger partial charge on any atom is -0.489 e. The maximum Gasteiger partial charge on any atom is 0.416 e. The molecule has 4 rings (SSSR count). The van der Waals surface area contributed by atoms with Crippen molar-refractivity contribution in [1.29, 1.82) is 0 Å². The van der Waals surface area contributed by atoms with E-state index in [-0.39, 0.29) is 30.2 Å². The number of hydrogen-bond donors (Lipinski definition) is 1. The van der Waals surface area contributed by atoms with Crippen LogP contribution >= 0.6 is 0 Å². The first-order chi connectivity index (χ1) is 18.0. The SMILES string of the molecule is C[C@@H](c1ccc(C(N)=O)cc1)N(C)CC(=O)C1(N2CC[C@@H](Oc3cccc(C(F)(F)F)c3)C2)CCOCC1. The third-order valence-corrected chi connectivity index (χ3v) is 7.79. The molecule has 0 radical (unpaired) electrons. The number of benzene rings is 2. The minimum atomic E-state index is -4.44. The van der Waals surface area contributed by atoms with Gasteiger partial charge in [0.05, 0.1) is 17.6 Å². The predicted octanol–water partition coefficient (Wildman–Crippen LogP) is 4.07. The van der Waals surface area contributed by atoms with E-state index in [9.17, 15) is 22.8 Å². The number of alkyl halides is 3. The molecule has 2 heterocycles. The van der Waals surface area contributed by atoms with Crippen LogP contribution in [0.4, 0.5) is 13.2 Å². The fourth-order valence-corrected chi connectivity index (χ4v) is 5.32. The van der Waals surface area contributed by atoms with Gasteiger partial charge in [-0.2, -0.15) is 13.2 Å². The standard InChI is InChI=1S/C28H34F3N3O4/c1-19(20-6-8-21(9-7-20)26(32)36)33(2)18-25(35)27(11-14-37-15-12-27)34-13-10-24(17-34)38-23-5-3-4-22(16-23)28(29,30)31/h3-9,16,19,24H,10-15,17-18H2,1-2H3,(H2,32,36)/t19-,24+/m0/s1. The monoisotopic (exact) mass is 533 g/mol. The molecule has 2 aromatic rings. The van der Waals surface area contributed by atoms with Gasteiger partial charge in [0.15, 0.2) is 5.78 Å². The number of primary amides is 1. The molecule has 0 saturated carbocycles. The van der Waals surface area contributed by atoms with Crippen molar-refractivity contribution in [3.8, 4) is 5.75 Å². The van der Waals surface area contributed by atoms with Crippen LogP contribution in [0.15, 0.2) is 48.5 Å². The second-order valence-electron chi connectivity index (χ2n) is 10.1. The summed E-state index contributed by atoms with van der Waals surface area (Å²) in [4.78, 5) is 29.3. The van der Waals surface area contributed by atoms with Crippen LogP contribution in [0.1, 0.15) is 53.7 Å². The summed E-state index contributed by atoms with van der Waals surface area (Å²) in [6, 6.07) is 11.9. The van der Waals surface area contributed by atoms with Gasteiger partial charge in [-0.3, -0.25) is 19.4 Å². The lowest BCUT2D eigenvalue weighted by Gasteiger charge is -2.44. The van der Waals surface area contributed by atoms with E-state index in [1.165, 1.54) is 12.1 Å². The summed E-state index contributed by atoms with van der Waals surface area (Å²) >= 11 is 0. The number of amides is 1. The van der Waals surface area contributed by atoms with E-state index in [0.717, 1.165) is 17.7 Å². The fourth-order valence-electron chi connectivity index (χ4n) is 5.32. The van der Waals surface area contributed by atoms with Gasteiger partial charge in [-0.05, 0) is 69.1 Å². The molecule has 0 aromatic heterocycles. The van der Waals surface area contributed by atoms with E-state index in [1.54, 1.807) is 12.1 Å². The number of Topliss-reactive ketones (excluding diaryl/α,β-unsaturated/α-hetero) is 1. The van der Waals surface area contributed by atoms with Crippen molar-refractivity contribution in [3.63, 3.8) is 0 Å². The number of carbonyl (C=O) groups excluding carboxylic acids is 2. The molecule has 2 N–H and O–H groups in total. The number of likely N-dealkylation sites (tertiary alicyclic amines) is 1. The first kappa shape index (κ1) is 28.1. The first-order valence-corrected chi connectivity index (χ1v) is 12.8. The van der Waals surface area contributed by atoms with Gasteiger partial charge in [0.2, 0.25) is 5.91 Å². The van der Waals surface area contributed by atoms with Crippen LogP contribution in [0.2, 0.25) is 0 Å². The van der Waals surface area contributed by atoms with Crippen LogP contribution in [0.5, 0.6) is 5.75 Å². The van der Waals surface area contributed by atoms with Crippen LogP contribution in [0.3, 0.4) is 0 Å². The van der Waals surface area contributed by atoms with Crippen LogP contribution in [0, 0.1) is 0 Å². The summed E-state index contributed by atoms with van der Waals surface area (Å²) < 4.78 is 50.8. The average molecular weight is 534 g/mol. The summed E-state index contributed by atoms with van der Waals surface area (Å²) in [5.41, 5.74) is 5.26. The largest absolute Gasteiger partial charge is 0.489 e. The smallest absolute Gasteiger partial charge is 0.416 e. The molecule has 2 fully saturated rings. The third-order valence-electron chi connectivity index (χ3n) is 7.79. The van der Waals surface area contributed by atoms with Gasteiger partial charge in [0.1, 0.15) is 11.9 Å². The number of nitrogens with zero attached hydrogens (tertiary/aromatic N) is 2. The van der Waals surface area contributed by atoms with Crippen molar-refractivity contribution in [1.82, 2.24) is 9.80 Å². The van der Waals surface area contributed by atoms with Crippen molar-refractivity contribution in [2.45, 2.75) is 50.0 Å². The van der Waals surface area contributed by atoms with E-state index in [2.05, 4.69) is 4.90 Å². The van der Waals surface area contributed by atoms with E-state index in [4.69, 9.17) is 15.2 Å². The molecule has 0 aliphatic carbocycles. The molecule has 0 spiro atoms. The van der Waals surface area contributed by atoms with Crippen LogP contribution in [0.25, 0.3) is 0 Å². The van der Waals surface area contributed by atoms with Gasteiger partial charge >= 0.3 is 6.18 Å². The van der Waals surface area contributed by atoms with E-state index < -0.39 is 23.2 Å². The number of ketones is 1. The summed E-state index contributed by atoms with van der Waals surface area (Å²) in [5.74, 6) is -0.228. The molecule has 38 heavy (non-hydrogen) atoms. The van der Waals surface area contributed by atoms with Crippen molar-refractivity contribution >= 4 is 11.7 Å². The number of hydrogen-bond acceptors (Lipinski definition) is 6. The van der Waals surface area contributed by atoms with Gasteiger partial charge in [0.25, 0.3) is 0 Å². The number of halogens is 3. The lowest BCUT2D eigenvalue weighted by Crippen LogP contribution is -2.59. The van der Waals surface area contributed by atoms with Crippen molar-refractivity contribution in [2.24, 2.45) is 5.73 Å². The lowest BCUT2D eigenvalue weighted by molar-refractivity contribution is -0.139. The molecule has 2 atom stereocenters. The van der Waals surface area contributed by atoms with E-state index >= 15 is 0 Å². The topological polar surface area (TPSA) is 85.1 Å². The Labute approximate surface area is 220 Å². The van der Waals surface area contributed by atoms with Gasteiger partial charge in [0, 0.05) is 37.9 Å². The molecule has 0 unspecified atom stereocenters. The molecule has 206 valence electrons. The van der Waals surface area contributed by atoms with Crippen molar-refractivity contribution in [3.05, 3.63) is 65.2 Å². The second-order valence-corrected chi connectivity index (χ2v) is 10.1. The maximum atomic E-state index is 13.9. The number of likely N-dealkylation sites (N-methyl/N-ethyl adjacent to an activating group) is 1. The maximum absolute atomic E-state index is 13.9. The third kappa shape index (κ3) is 6.19. The van der Waals surface area contributed by atoms with Gasteiger partial charge in [-0.25, -0.2) is 0 Å². The molecule has 2 aromatic carbocycles. The molecule has 0 bridgehead atoms. The Balaban J connectivity index is 1.43. The Morgan fingerprint density at radius 1 is 1.18 bits per heavy atom. The minimum absolute atomic E-state index is 0.0756. The first-order valence-electron chi connectivity index (χ1n) is 12.8. The second kappa shape index (κ2) is 11.4. The Hall–Kier alpha value is -2.95. The molecular weight excluding hydrogens is 499 g/mol. The predicted molar refractivity (Wildman–Crippen MR) is 136 cm³/mol. The Morgan fingerprint density at radius 3 is 2.50 bits per heavy atom. The molecule has 10 heteroatoms. The van der Waals surface area contributed by atoms with Gasteiger partial charge < -0.3 is 15.2 Å². The fraction of sp³-hybridized carbons (Fsp3) is 0.500. The quantitative estimate of drug-likeness (QED) is 0.523. The highest BCUT2D eigenvalue weighted by molar-refractivity contribution is 5.92. The number of carbonyl (C=O) groups is 2. The molecule has 2 saturated heterocycles.